The molecule has 0 heterocycles. The molecule has 0 radical (unpaired) electrons. The fourth-order valence-corrected chi connectivity index (χ4v) is 3.55. The molecule has 1 unspecified atom stereocenters. The Hall–Kier alpha value is -0.600. The lowest BCUT2D eigenvalue weighted by Crippen LogP contribution is -2.36. The largest absolute Gasteiger partial charge is 0.312 e. The molecule has 100 valence electrons. The van der Waals surface area contributed by atoms with E-state index in [0.29, 0.717) is 10.6 Å². The zero-order valence-electron chi connectivity index (χ0n) is 11.1. The quantitative estimate of drug-likeness (QED) is 0.838. The summed E-state index contributed by atoms with van der Waals surface area (Å²) in [6, 6.07) is 4.93. The first-order chi connectivity index (χ1) is 8.58. The van der Waals surface area contributed by atoms with E-state index < -0.39 is 0 Å². The van der Waals surface area contributed by atoms with Crippen LogP contribution in [0.25, 0.3) is 0 Å². The second-order valence-corrected chi connectivity index (χ2v) is 5.98. The van der Waals surface area contributed by atoms with E-state index in [1.54, 1.807) is 12.1 Å². The lowest BCUT2D eigenvalue weighted by atomic mass is 9.68. The third kappa shape index (κ3) is 2.55. The second kappa shape index (κ2) is 5.58. The molecular weight excluding hydrogens is 249 g/mol. The van der Waals surface area contributed by atoms with Gasteiger partial charge in [0.1, 0.15) is 5.82 Å². The maximum atomic E-state index is 14.1. The minimum Gasteiger partial charge on any atom is -0.312 e. The minimum absolute atomic E-state index is 0.00787. The van der Waals surface area contributed by atoms with Gasteiger partial charge >= 0.3 is 0 Å². The van der Waals surface area contributed by atoms with Crippen LogP contribution in [0.1, 0.15) is 50.6 Å². The first kappa shape index (κ1) is 13.8. The molecule has 1 aliphatic carbocycles. The van der Waals surface area contributed by atoms with Crippen molar-refractivity contribution in [1.82, 2.24) is 5.32 Å². The fraction of sp³-hybridized carbons (Fsp3) is 0.600. The van der Waals surface area contributed by atoms with Crippen LogP contribution in [-0.2, 0) is 0 Å². The van der Waals surface area contributed by atoms with Gasteiger partial charge in [0.15, 0.2) is 0 Å². The van der Waals surface area contributed by atoms with E-state index in [-0.39, 0.29) is 17.3 Å². The van der Waals surface area contributed by atoms with Gasteiger partial charge in [-0.25, -0.2) is 4.39 Å². The second-order valence-electron chi connectivity index (χ2n) is 5.57. The minimum atomic E-state index is -0.200. The van der Waals surface area contributed by atoms with Gasteiger partial charge in [-0.05, 0) is 37.4 Å². The van der Waals surface area contributed by atoms with Crippen LogP contribution in [0.2, 0.25) is 5.02 Å². The molecule has 1 aromatic carbocycles. The van der Waals surface area contributed by atoms with Crippen LogP contribution in [-0.4, -0.2) is 7.05 Å². The van der Waals surface area contributed by atoms with Crippen molar-refractivity contribution in [1.29, 1.82) is 0 Å². The molecule has 1 aliphatic rings. The third-order valence-corrected chi connectivity index (χ3v) is 4.60. The van der Waals surface area contributed by atoms with Crippen LogP contribution in [0.5, 0.6) is 0 Å². The average Bonchev–Trinajstić information content (AvgIpc) is 2.34. The smallest absolute Gasteiger partial charge is 0.129 e. The van der Waals surface area contributed by atoms with E-state index in [1.165, 1.54) is 25.3 Å². The van der Waals surface area contributed by atoms with Crippen LogP contribution in [0.4, 0.5) is 4.39 Å². The van der Waals surface area contributed by atoms with Gasteiger partial charge in [-0.2, -0.15) is 0 Å². The van der Waals surface area contributed by atoms with Gasteiger partial charge in [0.25, 0.3) is 0 Å². The molecule has 2 rings (SSSR count). The van der Waals surface area contributed by atoms with Gasteiger partial charge in [-0.1, -0.05) is 43.9 Å². The number of hydrogen-bond acceptors (Lipinski definition) is 1. The van der Waals surface area contributed by atoms with E-state index in [0.717, 1.165) is 12.8 Å². The number of halogens is 2. The summed E-state index contributed by atoms with van der Waals surface area (Å²) in [5.41, 5.74) is 0.727. The fourth-order valence-electron chi connectivity index (χ4n) is 3.28. The average molecular weight is 270 g/mol. The summed E-state index contributed by atoms with van der Waals surface area (Å²) in [6.45, 7) is 2.25. The number of rotatable bonds is 3. The number of hydrogen-bond donors (Lipinski definition) is 1. The van der Waals surface area contributed by atoms with Crippen molar-refractivity contribution < 1.29 is 4.39 Å². The Bertz CT molecular complexity index is 393. The van der Waals surface area contributed by atoms with Crippen molar-refractivity contribution in [3.8, 4) is 0 Å². The maximum Gasteiger partial charge on any atom is 0.129 e. The Morgan fingerprint density at radius 3 is 2.50 bits per heavy atom. The Labute approximate surface area is 114 Å². The van der Waals surface area contributed by atoms with Crippen LogP contribution in [0, 0.1) is 11.2 Å². The highest BCUT2D eigenvalue weighted by atomic mass is 35.5. The van der Waals surface area contributed by atoms with Crippen molar-refractivity contribution in [2.45, 2.75) is 45.1 Å². The molecule has 1 atom stereocenters. The van der Waals surface area contributed by atoms with Crippen molar-refractivity contribution in [3.05, 3.63) is 34.6 Å². The zero-order valence-corrected chi connectivity index (χ0v) is 11.9. The molecule has 0 aromatic heterocycles. The van der Waals surface area contributed by atoms with E-state index in [9.17, 15) is 4.39 Å². The first-order valence-corrected chi connectivity index (χ1v) is 7.07. The van der Waals surface area contributed by atoms with E-state index >= 15 is 0 Å². The summed E-state index contributed by atoms with van der Waals surface area (Å²) in [7, 11) is 1.90. The third-order valence-electron chi connectivity index (χ3n) is 4.27. The van der Waals surface area contributed by atoms with E-state index in [1.807, 2.05) is 7.05 Å². The molecule has 0 saturated heterocycles. The predicted octanol–water partition coefficient (Wildman–Crippen LogP) is 4.71. The van der Waals surface area contributed by atoms with Gasteiger partial charge < -0.3 is 5.32 Å². The summed E-state index contributed by atoms with van der Waals surface area (Å²) < 4.78 is 14.1. The monoisotopic (exact) mass is 269 g/mol. The molecule has 1 aromatic rings. The highest BCUT2D eigenvalue weighted by Gasteiger charge is 2.37. The van der Waals surface area contributed by atoms with Crippen LogP contribution in [0.15, 0.2) is 18.2 Å². The molecule has 1 N–H and O–H groups in total. The highest BCUT2D eigenvalue weighted by molar-refractivity contribution is 6.31. The summed E-state index contributed by atoms with van der Waals surface area (Å²) in [5.74, 6) is -0.200. The zero-order chi connectivity index (χ0) is 13.2. The van der Waals surface area contributed by atoms with Crippen LogP contribution < -0.4 is 5.32 Å². The first-order valence-electron chi connectivity index (χ1n) is 6.70. The predicted molar refractivity (Wildman–Crippen MR) is 74.4 cm³/mol. The Morgan fingerprint density at radius 1 is 1.28 bits per heavy atom. The molecule has 0 bridgehead atoms. The van der Waals surface area contributed by atoms with Crippen molar-refractivity contribution >= 4 is 11.6 Å². The molecule has 1 saturated carbocycles. The summed E-state index contributed by atoms with van der Waals surface area (Å²) >= 11 is 6.20. The standard InChI is InChI=1S/C15H21ClFN/c1-15(9-4-3-5-10-15)14(18-2)13-11(16)7-6-8-12(13)17/h6-8,14,18H,3-5,9-10H2,1-2H3. The van der Waals surface area contributed by atoms with Gasteiger partial charge in [0, 0.05) is 16.6 Å². The van der Waals surface area contributed by atoms with Crippen LogP contribution in [0.3, 0.4) is 0 Å². The van der Waals surface area contributed by atoms with Crippen molar-refractivity contribution in [2.24, 2.45) is 5.41 Å². The van der Waals surface area contributed by atoms with E-state index in [4.69, 9.17) is 11.6 Å². The Kier molecular flexibility index (Phi) is 4.29. The van der Waals surface area contributed by atoms with Gasteiger partial charge in [0.05, 0.1) is 0 Å². The molecule has 0 amide bonds. The molecular formula is C15H21ClFN. The Morgan fingerprint density at radius 2 is 1.94 bits per heavy atom. The molecule has 18 heavy (non-hydrogen) atoms. The topological polar surface area (TPSA) is 12.0 Å². The van der Waals surface area contributed by atoms with Crippen molar-refractivity contribution in [2.75, 3.05) is 7.05 Å². The molecule has 0 spiro atoms. The molecule has 0 aliphatic heterocycles. The molecule has 1 fully saturated rings. The molecule has 3 heteroatoms. The van der Waals surface area contributed by atoms with Gasteiger partial charge in [0.2, 0.25) is 0 Å². The Balaban J connectivity index is 2.38. The highest BCUT2D eigenvalue weighted by Crippen LogP contribution is 2.47. The number of nitrogens with one attached hydrogen (secondary N) is 1. The maximum absolute atomic E-state index is 14.1. The SMILES string of the molecule is CNC(c1c(F)cccc1Cl)C1(C)CCCCC1. The number of benzene rings is 1. The van der Waals surface area contributed by atoms with Crippen LogP contribution >= 0.6 is 11.6 Å². The van der Waals surface area contributed by atoms with E-state index in [2.05, 4.69) is 12.2 Å². The summed E-state index contributed by atoms with van der Waals surface area (Å²) in [5, 5.41) is 3.81. The summed E-state index contributed by atoms with van der Waals surface area (Å²) in [4.78, 5) is 0. The lowest BCUT2D eigenvalue weighted by molar-refractivity contribution is 0.148. The van der Waals surface area contributed by atoms with Gasteiger partial charge in [-0.3, -0.25) is 0 Å². The summed E-state index contributed by atoms with van der Waals surface area (Å²) in [6.07, 6.45) is 5.99. The lowest BCUT2D eigenvalue weighted by Gasteiger charge is -2.41. The molecule has 1 nitrogen and oxygen atoms in total. The normalized spacial score (nSPS) is 20.7. The van der Waals surface area contributed by atoms with Crippen molar-refractivity contribution in [3.63, 3.8) is 0 Å². The van der Waals surface area contributed by atoms with Gasteiger partial charge in [-0.15, -0.1) is 0 Å².